The van der Waals surface area contributed by atoms with Gasteiger partial charge in [0.05, 0.1) is 25.4 Å². The topological polar surface area (TPSA) is 76.0 Å². The lowest BCUT2D eigenvalue weighted by Crippen LogP contribution is -2.58. The van der Waals surface area contributed by atoms with Crippen LogP contribution in [0.1, 0.15) is 210 Å². The summed E-state index contributed by atoms with van der Waals surface area (Å²) in [5.41, 5.74) is 1.07. The third-order valence-electron chi connectivity index (χ3n) is 23.1. The molecule has 62 heavy (non-hydrogen) atoms. The quantitative estimate of drug-likeness (QED) is 0.170. The Morgan fingerprint density at radius 1 is 0.516 bits per heavy atom. The van der Waals surface area contributed by atoms with Crippen LogP contribution in [0.2, 0.25) is 0 Å². The normalized spacial score (nSPS) is 48.3. The molecule has 2 unspecified atom stereocenters. The average molecular weight is 863 g/mol. The molecule has 2 N–H and O–H groups in total. The Morgan fingerprint density at radius 3 is 1.31 bits per heavy atom. The molecule has 0 spiro atoms. The Balaban J connectivity index is 0.902. The van der Waals surface area contributed by atoms with Crippen molar-refractivity contribution in [3.8, 4) is 0 Å². The van der Waals surface area contributed by atoms with E-state index < -0.39 is 6.16 Å². The lowest BCUT2D eigenvalue weighted by atomic mass is 9.42. The summed E-state index contributed by atoms with van der Waals surface area (Å²) >= 11 is 0. The largest absolute Gasteiger partial charge is 0.508 e. The Morgan fingerprint density at radius 2 is 0.919 bits per heavy atom. The van der Waals surface area contributed by atoms with Crippen molar-refractivity contribution in [2.24, 2.45) is 116 Å². The Kier molecular flexibility index (Phi) is 14.4. The van der Waals surface area contributed by atoms with Crippen molar-refractivity contribution in [2.75, 3.05) is 13.2 Å². The van der Waals surface area contributed by atoms with Crippen LogP contribution in [0, 0.1) is 116 Å². The number of carbonyl (C=O) groups excluding carboxylic acids is 1. The molecule has 8 fully saturated rings. The van der Waals surface area contributed by atoms with E-state index in [1.54, 1.807) is 0 Å². The van der Waals surface area contributed by atoms with E-state index in [-0.39, 0.29) is 34.9 Å². The average Bonchev–Trinajstić information content (AvgIpc) is 3.76. The zero-order valence-corrected chi connectivity index (χ0v) is 42.0. The molecule has 0 aromatic rings. The van der Waals surface area contributed by atoms with Gasteiger partial charge in [0, 0.05) is 11.8 Å². The third kappa shape index (κ3) is 8.54. The van der Waals surface area contributed by atoms with Gasteiger partial charge in [0.15, 0.2) is 0 Å². The van der Waals surface area contributed by atoms with Crippen molar-refractivity contribution in [3.05, 3.63) is 0 Å². The minimum absolute atomic E-state index is 0.0800. The second-order valence-electron chi connectivity index (χ2n) is 26.6. The van der Waals surface area contributed by atoms with Gasteiger partial charge in [0.1, 0.15) is 0 Å². The van der Waals surface area contributed by atoms with E-state index in [1.807, 2.05) is 0 Å². The molecule has 20 atom stereocenters. The van der Waals surface area contributed by atoms with Gasteiger partial charge in [0.2, 0.25) is 0 Å². The number of aliphatic hydroxyl groups is 2. The van der Waals surface area contributed by atoms with E-state index in [4.69, 9.17) is 9.47 Å². The molecule has 0 heterocycles. The maximum atomic E-state index is 13.8. The van der Waals surface area contributed by atoms with Gasteiger partial charge in [-0.1, -0.05) is 108 Å². The van der Waals surface area contributed by atoms with Crippen molar-refractivity contribution in [2.45, 2.75) is 223 Å². The number of aliphatic hydroxyl groups excluding tert-OH is 2. The standard InChI is InChI=1S/C57H98O5/c1-35(2)13-11-15-37(5)47-21-23-49-45-19-17-39-29-43(58)31-41(56(39,9)51(45)25-27-54(47,49)7)33-61-53(60)62-34-42-32-44(59)30-40-18-20-46-50-24-22-48(38(6)16-12-14-36(3)4)55(50,8)28-26-52(46)57(40,42)10/h35-52,58-59H,11-34H2,1-10H3/t37-,38-,39-,40-,41?,42?,43+,44+,45-,46-,47-,48-,49+,50+,51+,52+,54-,55-,56-,57-/m1/s1. The first-order valence-electron chi connectivity index (χ1n) is 27.6. The first kappa shape index (κ1) is 47.7. The summed E-state index contributed by atoms with van der Waals surface area (Å²) in [6, 6.07) is 0. The molecular weight excluding hydrogens is 765 g/mol. The molecule has 0 aliphatic heterocycles. The number of hydrogen-bond acceptors (Lipinski definition) is 5. The van der Waals surface area contributed by atoms with Crippen LogP contribution < -0.4 is 0 Å². The molecule has 5 nitrogen and oxygen atoms in total. The van der Waals surface area contributed by atoms with Gasteiger partial charge >= 0.3 is 6.16 Å². The van der Waals surface area contributed by atoms with Crippen LogP contribution >= 0.6 is 0 Å². The lowest BCUT2D eigenvalue weighted by molar-refractivity contribution is -0.172. The number of rotatable bonds is 14. The highest BCUT2D eigenvalue weighted by atomic mass is 16.7. The Labute approximate surface area is 381 Å². The summed E-state index contributed by atoms with van der Waals surface area (Å²) in [6.45, 7) is 25.8. The predicted molar refractivity (Wildman–Crippen MR) is 253 cm³/mol. The molecule has 0 aromatic carbocycles. The predicted octanol–water partition coefficient (Wildman–Crippen LogP) is 14.6. The summed E-state index contributed by atoms with van der Waals surface area (Å²) in [5.74, 6) is 10.6. The van der Waals surface area contributed by atoms with Crippen molar-refractivity contribution in [3.63, 3.8) is 0 Å². The maximum absolute atomic E-state index is 13.8. The molecule has 0 aromatic heterocycles. The molecule has 0 amide bonds. The third-order valence-corrected chi connectivity index (χ3v) is 23.1. The van der Waals surface area contributed by atoms with Crippen LogP contribution in [0.25, 0.3) is 0 Å². The van der Waals surface area contributed by atoms with E-state index in [0.29, 0.717) is 47.7 Å². The zero-order valence-electron chi connectivity index (χ0n) is 42.0. The Bertz CT molecular complexity index is 1400. The molecule has 0 saturated heterocycles. The summed E-state index contributed by atoms with van der Waals surface area (Å²) in [7, 11) is 0. The summed E-state index contributed by atoms with van der Waals surface area (Å²) in [5, 5.41) is 22.6. The van der Waals surface area contributed by atoms with E-state index >= 15 is 0 Å². The van der Waals surface area contributed by atoms with Crippen LogP contribution in [0.5, 0.6) is 0 Å². The highest BCUT2D eigenvalue weighted by molar-refractivity contribution is 5.59. The van der Waals surface area contributed by atoms with Crippen LogP contribution in [0.4, 0.5) is 4.79 Å². The van der Waals surface area contributed by atoms with Crippen LogP contribution in [0.15, 0.2) is 0 Å². The minimum Gasteiger partial charge on any atom is -0.434 e. The highest BCUT2D eigenvalue weighted by Gasteiger charge is 2.65. The van der Waals surface area contributed by atoms with Gasteiger partial charge in [-0.15, -0.1) is 0 Å². The van der Waals surface area contributed by atoms with Crippen LogP contribution in [-0.4, -0.2) is 41.8 Å². The summed E-state index contributed by atoms with van der Waals surface area (Å²) < 4.78 is 12.5. The van der Waals surface area contributed by atoms with Gasteiger partial charge in [-0.05, 0) is 207 Å². The second-order valence-corrected chi connectivity index (χ2v) is 26.6. The highest BCUT2D eigenvalue weighted by Crippen LogP contribution is 2.71. The lowest BCUT2D eigenvalue weighted by Gasteiger charge is -2.63. The number of hydrogen-bond donors (Lipinski definition) is 2. The number of fused-ring (bicyclic) bond motifs is 10. The van der Waals surface area contributed by atoms with Crippen molar-refractivity contribution in [1.29, 1.82) is 0 Å². The molecule has 8 aliphatic carbocycles. The fraction of sp³-hybridized carbons (Fsp3) is 0.982. The van der Waals surface area contributed by atoms with E-state index in [2.05, 4.69) is 69.2 Å². The zero-order chi connectivity index (χ0) is 44.4. The van der Waals surface area contributed by atoms with Crippen molar-refractivity contribution >= 4 is 6.16 Å². The van der Waals surface area contributed by atoms with E-state index in [9.17, 15) is 15.0 Å². The van der Waals surface area contributed by atoms with E-state index in [1.165, 1.54) is 116 Å². The fourth-order valence-corrected chi connectivity index (χ4v) is 19.9. The van der Waals surface area contributed by atoms with E-state index in [0.717, 1.165) is 84.9 Å². The van der Waals surface area contributed by atoms with Gasteiger partial charge in [-0.3, -0.25) is 0 Å². The van der Waals surface area contributed by atoms with Crippen molar-refractivity contribution < 1.29 is 24.5 Å². The Hall–Kier alpha value is -0.810. The molecule has 356 valence electrons. The molecule has 0 bridgehead atoms. The van der Waals surface area contributed by atoms with Gasteiger partial charge in [0.25, 0.3) is 0 Å². The van der Waals surface area contributed by atoms with Gasteiger partial charge < -0.3 is 19.7 Å². The maximum Gasteiger partial charge on any atom is 0.508 e. The van der Waals surface area contributed by atoms with Crippen molar-refractivity contribution in [1.82, 2.24) is 0 Å². The first-order chi connectivity index (χ1) is 29.4. The number of ether oxygens (including phenoxy) is 2. The molecular formula is C57H98O5. The monoisotopic (exact) mass is 863 g/mol. The molecule has 0 radical (unpaired) electrons. The summed E-state index contributed by atoms with van der Waals surface area (Å²) in [4.78, 5) is 13.8. The number of carbonyl (C=O) groups is 1. The molecule has 8 aliphatic rings. The van der Waals surface area contributed by atoms with Gasteiger partial charge in [-0.25, -0.2) is 4.79 Å². The minimum atomic E-state index is -0.521. The molecule has 5 heteroatoms. The molecule has 8 saturated carbocycles. The summed E-state index contributed by atoms with van der Waals surface area (Å²) in [6.07, 6.45) is 26.2. The van der Waals surface area contributed by atoms with Gasteiger partial charge in [-0.2, -0.15) is 0 Å². The van der Waals surface area contributed by atoms with Crippen LogP contribution in [0.3, 0.4) is 0 Å². The smallest absolute Gasteiger partial charge is 0.434 e. The first-order valence-corrected chi connectivity index (χ1v) is 27.6. The SMILES string of the molecule is CC(C)CCC[C@@H](C)[C@H]1CC[C@H]2[C@H]3CC[C@@H]4C[C@H](O)CC(COC(=O)OCC5C[C@@H](O)C[C@H]6CC[C@@H]7[C@@H]8CC[C@H]([C@H](C)CCCC(C)C)[C@@]8(C)CC[C@@H]7[C@@]56C)[C@]4(C)[C@H]3CC[C@]12C. The fourth-order valence-electron chi connectivity index (χ4n) is 19.9. The van der Waals surface area contributed by atoms with Crippen LogP contribution in [-0.2, 0) is 9.47 Å². The molecule has 8 rings (SSSR count). The second kappa shape index (κ2) is 18.7.